The van der Waals surface area contributed by atoms with Gasteiger partial charge in [0.05, 0.1) is 12.7 Å². The normalized spacial score (nSPS) is 10.8. The fraction of sp³-hybridized carbons (Fsp3) is 0.538. The van der Waals surface area contributed by atoms with Crippen molar-refractivity contribution in [1.29, 1.82) is 0 Å². The van der Waals surface area contributed by atoms with Crippen LogP contribution in [-0.4, -0.2) is 26.4 Å². The summed E-state index contributed by atoms with van der Waals surface area (Å²) in [5.74, 6) is 0.927. The van der Waals surface area contributed by atoms with Crippen LogP contribution in [0.25, 0.3) is 0 Å². The van der Waals surface area contributed by atoms with Crippen LogP contribution in [0.5, 0.6) is 5.75 Å². The molecule has 16 heavy (non-hydrogen) atoms. The average Bonchev–Trinajstić information content (AvgIpc) is 2.26. The van der Waals surface area contributed by atoms with Crippen molar-refractivity contribution in [1.82, 2.24) is 5.32 Å². The monoisotopic (exact) mass is 223 g/mol. The van der Waals surface area contributed by atoms with E-state index in [9.17, 15) is 0 Å². The Balaban J connectivity index is 2.33. The molecular weight excluding hydrogens is 202 g/mol. The summed E-state index contributed by atoms with van der Waals surface area (Å²) in [4.78, 5) is 0. The van der Waals surface area contributed by atoms with E-state index in [0.29, 0.717) is 0 Å². The number of hydrogen-bond donors (Lipinski definition) is 1. The van der Waals surface area contributed by atoms with Gasteiger partial charge >= 0.3 is 0 Å². The lowest BCUT2D eigenvalue weighted by atomic mass is 10.2. The number of methoxy groups -OCH3 is 1. The number of rotatable bonds is 7. The topological polar surface area (TPSA) is 30.5 Å². The predicted octanol–water partition coefficient (Wildman–Crippen LogP) is 2.21. The van der Waals surface area contributed by atoms with E-state index in [0.717, 1.165) is 25.4 Å². The standard InChI is InChI=1S/C13H21NO2/c1-11(2)16-13-6-4-12(5-7-13)10-14-8-9-15-3/h4-7,11,14H,8-10H2,1-3H3. The molecule has 1 N–H and O–H groups in total. The van der Waals surface area contributed by atoms with Crippen molar-refractivity contribution in [2.45, 2.75) is 26.5 Å². The Morgan fingerprint density at radius 3 is 2.44 bits per heavy atom. The van der Waals surface area contributed by atoms with Gasteiger partial charge in [0.25, 0.3) is 0 Å². The molecule has 0 amide bonds. The lowest BCUT2D eigenvalue weighted by Gasteiger charge is -2.10. The smallest absolute Gasteiger partial charge is 0.119 e. The lowest BCUT2D eigenvalue weighted by molar-refractivity contribution is 0.199. The molecule has 1 rings (SSSR count). The molecule has 0 aliphatic rings. The Hall–Kier alpha value is -1.06. The van der Waals surface area contributed by atoms with Gasteiger partial charge in [-0.2, -0.15) is 0 Å². The lowest BCUT2D eigenvalue weighted by Crippen LogP contribution is -2.18. The summed E-state index contributed by atoms with van der Waals surface area (Å²) in [5, 5.41) is 3.30. The number of nitrogens with one attached hydrogen (secondary N) is 1. The molecule has 3 nitrogen and oxygen atoms in total. The first-order chi connectivity index (χ1) is 7.72. The van der Waals surface area contributed by atoms with Gasteiger partial charge in [0.2, 0.25) is 0 Å². The van der Waals surface area contributed by atoms with E-state index in [1.807, 2.05) is 26.0 Å². The van der Waals surface area contributed by atoms with E-state index in [1.54, 1.807) is 7.11 Å². The maximum absolute atomic E-state index is 5.57. The molecule has 1 aromatic rings. The highest BCUT2D eigenvalue weighted by molar-refractivity contribution is 5.27. The summed E-state index contributed by atoms with van der Waals surface area (Å²) in [6, 6.07) is 8.18. The molecular formula is C13H21NO2. The zero-order valence-electron chi connectivity index (χ0n) is 10.3. The average molecular weight is 223 g/mol. The van der Waals surface area contributed by atoms with Crippen LogP contribution in [-0.2, 0) is 11.3 Å². The maximum Gasteiger partial charge on any atom is 0.119 e. The third kappa shape index (κ3) is 5.14. The molecule has 0 atom stereocenters. The van der Waals surface area contributed by atoms with E-state index in [-0.39, 0.29) is 6.10 Å². The minimum Gasteiger partial charge on any atom is -0.491 e. The van der Waals surface area contributed by atoms with Gasteiger partial charge in [-0.3, -0.25) is 0 Å². The fourth-order valence-corrected chi connectivity index (χ4v) is 1.36. The fourth-order valence-electron chi connectivity index (χ4n) is 1.36. The molecule has 0 radical (unpaired) electrons. The third-order valence-corrected chi connectivity index (χ3v) is 2.11. The van der Waals surface area contributed by atoms with Gasteiger partial charge < -0.3 is 14.8 Å². The van der Waals surface area contributed by atoms with E-state index in [4.69, 9.17) is 9.47 Å². The summed E-state index contributed by atoms with van der Waals surface area (Å²) in [5.41, 5.74) is 1.26. The van der Waals surface area contributed by atoms with Crippen molar-refractivity contribution in [2.24, 2.45) is 0 Å². The zero-order chi connectivity index (χ0) is 11.8. The van der Waals surface area contributed by atoms with Crippen molar-refractivity contribution in [3.8, 4) is 5.75 Å². The number of ether oxygens (including phenoxy) is 2. The van der Waals surface area contributed by atoms with Crippen LogP contribution < -0.4 is 10.1 Å². The van der Waals surface area contributed by atoms with Crippen LogP contribution in [0.4, 0.5) is 0 Å². The van der Waals surface area contributed by atoms with Crippen molar-refractivity contribution < 1.29 is 9.47 Å². The van der Waals surface area contributed by atoms with Gasteiger partial charge in [-0.25, -0.2) is 0 Å². The SMILES string of the molecule is COCCNCc1ccc(OC(C)C)cc1. The van der Waals surface area contributed by atoms with Gasteiger partial charge in [0.1, 0.15) is 5.75 Å². The molecule has 0 unspecified atom stereocenters. The van der Waals surface area contributed by atoms with Crippen LogP contribution in [0.15, 0.2) is 24.3 Å². The highest BCUT2D eigenvalue weighted by Crippen LogP contribution is 2.13. The molecule has 0 heterocycles. The summed E-state index contributed by atoms with van der Waals surface area (Å²) >= 11 is 0. The van der Waals surface area contributed by atoms with Crippen LogP contribution in [0.2, 0.25) is 0 Å². The molecule has 0 fully saturated rings. The Labute approximate surface area is 97.8 Å². The van der Waals surface area contributed by atoms with E-state index in [1.165, 1.54) is 5.56 Å². The highest BCUT2D eigenvalue weighted by Gasteiger charge is 1.97. The molecule has 0 aliphatic carbocycles. The first kappa shape index (κ1) is 13.0. The molecule has 0 aliphatic heterocycles. The largest absolute Gasteiger partial charge is 0.491 e. The van der Waals surface area contributed by atoms with Crippen LogP contribution in [0, 0.1) is 0 Å². The Morgan fingerprint density at radius 2 is 1.88 bits per heavy atom. The highest BCUT2D eigenvalue weighted by atomic mass is 16.5. The van der Waals surface area contributed by atoms with Gasteiger partial charge in [0.15, 0.2) is 0 Å². The van der Waals surface area contributed by atoms with Crippen LogP contribution >= 0.6 is 0 Å². The quantitative estimate of drug-likeness (QED) is 0.719. The predicted molar refractivity (Wildman–Crippen MR) is 65.8 cm³/mol. The van der Waals surface area contributed by atoms with Crippen molar-refractivity contribution >= 4 is 0 Å². The van der Waals surface area contributed by atoms with Gasteiger partial charge in [-0.05, 0) is 31.5 Å². The number of benzene rings is 1. The first-order valence-electron chi connectivity index (χ1n) is 5.67. The van der Waals surface area contributed by atoms with E-state index < -0.39 is 0 Å². The zero-order valence-corrected chi connectivity index (χ0v) is 10.3. The van der Waals surface area contributed by atoms with Gasteiger partial charge in [-0.1, -0.05) is 12.1 Å². The van der Waals surface area contributed by atoms with Crippen molar-refractivity contribution in [2.75, 3.05) is 20.3 Å². The maximum atomic E-state index is 5.57. The van der Waals surface area contributed by atoms with Crippen molar-refractivity contribution in [3.63, 3.8) is 0 Å². The molecule has 90 valence electrons. The molecule has 0 spiro atoms. The van der Waals surface area contributed by atoms with Gasteiger partial charge in [-0.15, -0.1) is 0 Å². The summed E-state index contributed by atoms with van der Waals surface area (Å²) < 4.78 is 10.5. The molecule has 1 aromatic carbocycles. The minimum absolute atomic E-state index is 0.227. The second-order valence-electron chi connectivity index (χ2n) is 3.98. The number of hydrogen-bond acceptors (Lipinski definition) is 3. The second-order valence-corrected chi connectivity index (χ2v) is 3.98. The van der Waals surface area contributed by atoms with Crippen LogP contribution in [0.3, 0.4) is 0 Å². The Bertz CT molecular complexity index is 282. The molecule has 0 saturated carbocycles. The Morgan fingerprint density at radius 1 is 1.19 bits per heavy atom. The van der Waals surface area contributed by atoms with E-state index in [2.05, 4.69) is 17.4 Å². The second kappa shape index (κ2) is 7.25. The summed E-state index contributed by atoms with van der Waals surface area (Å²) in [6.45, 7) is 6.54. The third-order valence-electron chi connectivity index (χ3n) is 2.11. The summed E-state index contributed by atoms with van der Waals surface area (Å²) in [6.07, 6.45) is 0.227. The molecule has 0 bridgehead atoms. The van der Waals surface area contributed by atoms with Gasteiger partial charge in [0, 0.05) is 20.2 Å². The summed E-state index contributed by atoms with van der Waals surface area (Å²) in [7, 11) is 1.71. The molecule has 0 saturated heterocycles. The minimum atomic E-state index is 0.227. The molecule has 0 aromatic heterocycles. The van der Waals surface area contributed by atoms with Crippen LogP contribution in [0.1, 0.15) is 19.4 Å². The first-order valence-corrected chi connectivity index (χ1v) is 5.67. The van der Waals surface area contributed by atoms with E-state index >= 15 is 0 Å². The Kier molecular flexibility index (Phi) is 5.90. The van der Waals surface area contributed by atoms with Crippen molar-refractivity contribution in [3.05, 3.63) is 29.8 Å². The molecule has 3 heteroatoms.